The van der Waals surface area contributed by atoms with Gasteiger partial charge in [0.05, 0.1) is 0 Å². The molecule has 47 nitrogen and oxygen atoms in total. The fourth-order valence-corrected chi connectivity index (χ4v) is 0. The van der Waals surface area contributed by atoms with Gasteiger partial charge in [-0.15, -0.1) is 0 Å². The Morgan fingerprint density at radius 1 is 0.0571 bits per heavy atom. The standard InChI is InChI=1S/Ni.47H2O.20Ti.2W/h;47*1H2;;;;;;;;;;;;;;;;;;;;;;. The van der Waals surface area contributed by atoms with Gasteiger partial charge in [0.15, 0.2) is 0 Å². The zero-order valence-corrected chi connectivity index (χ0v) is 72.7. The molecule has 0 aliphatic rings. The first-order valence-corrected chi connectivity index (χ1v) is 0. The molecular formula is H94NiO47Ti20W2. The van der Waals surface area contributed by atoms with Gasteiger partial charge in [0.2, 0.25) is 0 Å². The molecule has 70 heavy (non-hydrogen) atoms. The molecular weight excluding hydrogens is 2140 g/mol. The summed E-state index contributed by atoms with van der Waals surface area (Å²) in [4.78, 5) is 0. The van der Waals surface area contributed by atoms with E-state index in [1.807, 2.05) is 0 Å². The summed E-state index contributed by atoms with van der Waals surface area (Å²) in [5, 5.41) is 0. The molecule has 0 saturated carbocycles. The van der Waals surface area contributed by atoms with Crippen LogP contribution in [0.3, 0.4) is 0 Å². The van der Waals surface area contributed by atoms with Gasteiger partial charge in [-0.05, 0) is 0 Å². The van der Waals surface area contributed by atoms with E-state index in [9.17, 15) is 0 Å². The topological polar surface area (TPSA) is 1480 Å². The minimum Gasteiger partial charge on any atom is -0.412 e. The van der Waals surface area contributed by atoms with Crippen LogP contribution in [0.15, 0.2) is 0 Å². The second kappa shape index (κ2) is 2770. The average Bonchev–Trinajstić information content (AvgIpc) is 0. The summed E-state index contributed by atoms with van der Waals surface area (Å²) in [7, 11) is 0. The van der Waals surface area contributed by atoms with Crippen LogP contribution in [0.1, 0.15) is 0 Å². The van der Waals surface area contributed by atoms with Crippen molar-refractivity contribution in [3.63, 3.8) is 0 Å². The third-order valence-electron chi connectivity index (χ3n) is 0. The minimum atomic E-state index is 0. The number of rotatable bonds is 0. The predicted octanol–water partition coefficient (Wildman–Crippen LogP) is -38.8. The van der Waals surface area contributed by atoms with Crippen molar-refractivity contribution in [2.75, 3.05) is 0 Å². The van der Waals surface area contributed by atoms with Gasteiger partial charge in [-0.25, -0.2) is 0 Å². The van der Waals surface area contributed by atoms with Crippen LogP contribution in [0.2, 0.25) is 0 Å². The van der Waals surface area contributed by atoms with E-state index >= 15 is 0 Å². The molecule has 0 saturated heterocycles. The van der Waals surface area contributed by atoms with Crippen molar-refractivity contribution in [2.45, 2.75) is 0 Å². The van der Waals surface area contributed by atoms with E-state index < -0.39 is 0 Å². The molecule has 0 aliphatic carbocycles. The normalized spacial score (nSPS) is 0. The van der Waals surface area contributed by atoms with Gasteiger partial charge in [0, 0.05) is 493 Å². The Balaban J connectivity index is 0. The summed E-state index contributed by atoms with van der Waals surface area (Å²) in [6.07, 6.45) is 0. The van der Waals surface area contributed by atoms with E-state index in [-0.39, 0.29) is 750 Å². The maximum absolute atomic E-state index is 0. The van der Waals surface area contributed by atoms with Gasteiger partial charge in [-0.3, -0.25) is 0 Å². The summed E-state index contributed by atoms with van der Waals surface area (Å²) < 4.78 is 0. The summed E-state index contributed by atoms with van der Waals surface area (Å²) in [5.74, 6) is 0. The molecule has 0 aliphatic heterocycles. The van der Waals surface area contributed by atoms with Crippen LogP contribution in [0.4, 0.5) is 0 Å². The SMILES string of the molecule is O.O.O.O.O.O.O.O.O.O.O.O.O.O.O.O.O.O.O.O.O.O.O.O.O.O.O.O.O.O.O.O.O.O.O.O.O.O.O.O.O.O.O.O.O.O.O.[Ni].[Ti].[Ti].[Ti].[Ti].[Ti].[Ti].[Ti].[Ti].[Ti].[Ti].[Ti].[Ti].[Ti].[Ti].[Ti].[Ti].[Ti].[Ti].[Ti].[Ti].[W].[W]. The first-order valence-electron chi connectivity index (χ1n) is 0. The van der Waals surface area contributed by atoms with Gasteiger partial charge in [-0.2, -0.15) is 0 Å². The molecule has 94 N–H and O–H groups in total. The molecule has 0 spiro atoms. The molecule has 0 aromatic rings. The maximum Gasteiger partial charge on any atom is 0 e. The third-order valence-corrected chi connectivity index (χ3v) is 0. The van der Waals surface area contributed by atoms with E-state index in [1.165, 1.54) is 0 Å². The molecule has 0 unspecified atom stereocenters. The Morgan fingerprint density at radius 3 is 0.0571 bits per heavy atom. The van der Waals surface area contributed by atoms with Crippen LogP contribution in [-0.2, 0) is 493 Å². The fourth-order valence-electron chi connectivity index (χ4n) is 0. The summed E-state index contributed by atoms with van der Waals surface area (Å²) >= 11 is 0. The molecule has 0 bridgehead atoms. The van der Waals surface area contributed by atoms with Crippen LogP contribution >= 0.6 is 0 Å². The molecule has 70 heteroatoms. The van der Waals surface area contributed by atoms with E-state index in [0.717, 1.165) is 0 Å². The maximum atomic E-state index is 0. The second-order valence-corrected chi connectivity index (χ2v) is 0. The van der Waals surface area contributed by atoms with Gasteiger partial charge in [-0.1, -0.05) is 0 Å². The van der Waals surface area contributed by atoms with Crippen LogP contribution in [0.25, 0.3) is 0 Å². The van der Waals surface area contributed by atoms with E-state index in [0.29, 0.717) is 0 Å². The molecule has 0 heterocycles. The monoisotopic (exact) mass is 2230 g/mol. The fraction of sp³-hybridized carbons (Fsp3) is 0. The molecule has 0 atom stereocenters. The minimum absolute atomic E-state index is 0. The van der Waals surface area contributed by atoms with Crippen molar-refractivity contribution in [2.24, 2.45) is 0 Å². The Hall–Kier alpha value is 14.3. The number of hydrogen-bond acceptors (Lipinski definition) is 0. The van der Waals surface area contributed by atoms with E-state index in [1.54, 1.807) is 0 Å². The molecule has 0 amide bonds. The average molecular weight is 2230 g/mol. The Kier molecular flexibility index (Phi) is 113000. The van der Waals surface area contributed by atoms with Crippen molar-refractivity contribution >= 4 is 0 Å². The van der Waals surface area contributed by atoms with Crippen molar-refractivity contribution < 1.29 is 750 Å². The quantitative estimate of drug-likeness (QED) is 0.204. The van der Waals surface area contributed by atoms with Crippen molar-refractivity contribution in [1.82, 2.24) is 0 Å². The predicted molar refractivity (Wildman–Crippen MR) is 170 cm³/mol. The van der Waals surface area contributed by atoms with Crippen molar-refractivity contribution in [3.8, 4) is 0 Å². The largest absolute Gasteiger partial charge is 0.412 e. The van der Waals surface area contributed by atoms with Gasteiger partial charge in [0.25, 0.3) is 0 Å². The van der Waals surface area contributed by atoms with Crippen molar-refractivity contribution in [3.05, 3.63) is 0 Å². The van der Waals surface area contributed by atoms with Crippen LogP contribution in [-0.4, -0.2) is 257 Å². The summed E-state index contributed by atoms with van der Waals surface area (Å²) in [5.41, 5.74) is 0. The van der Waals surface area contributed by atoms with Gasteiger partial charge in [0.1, 0.15) is 0 Å². The molecule has 0 rings (SSSR count). The summed E-state index contributed by atoms with van der Waals surface area (Å²) in [6, 6.07) is 0. The third kappa shape index (κ3) is 2670. The van der Waals surface area contributed by atoms with Gasteiger partial charge >= 0.3 is 0 Å². The van der Waals surface area contributed by atoms with Gasteiger partial charge < -0.3 is 257 Å². The summed E-state index contributed by atoms with van der Waals surface area (Å²) in [6.45, 7) is 0. The Bertz CT molecular complexity index is 79.5. The number of hydrogen-bond donors (Lipinski definition) is 0. The van der Waals surface area contributed by atoms with Crippen molar-refractivity contribution in [1.29, 1.82) is 0 Å². The molecule has 0 fully saturated rings. The zero-order valence-electron chi connectivity index (χ0n) is 34.6. The van der Waals surface area contributed by atoms with E-state index in [2.05, 4.69) is 0 Å². The first kappa shape index (κ1) is 2870. The van der Waals surface area contributed by atoms with Crippen LogP contribution in [0, 0.1) is 0 Å². The smallest absolute Gasteiger partial charge is 0 e. The second-order valence-electron chi connectivity index (χ2n) is 0. The first-order chi connectivity index (χ1) is 0. The molecule has 0 aromatic heterocycles. The molecule has 478 valence electrons. The zero-order chi connectivity index (χ0) is 0. The van der Waals surface area contributed by atoms with Crippen LogP contribution in [0.5, 0.6) is 0 Å². The molecule has 0 aromatic carbocycles. The Labute approximate surface area is 736 Å². The molecule has 0 radical (unpaired) electrons. The van der Waals surface area contributed by atoms with Crippen LogP contribution < -0.4 is 0 Å². The van der Waals surface area contributed by atoms with E-state index in [4.69, 9.17) is 0 Å². The Morgan fingerprint density at radius 2 is 0.0571 bits per heavy atom.